The molecule has 0 fully saturated rings. The zero-order valence-corrected chi connectivity index (χ0v) is 9.92. The third-order valence-electron chi connectivity index (χ3n) is 2.75. The summed E-state index contributed by atoms with van der Waals surface area (Å²) in [4.78, 5) is 0. The Labute approximate surface area is 92.6 Å². The zero-order valence-electron chi connectivity index (χ0n) is 9.92. The molecule has 1 aromatic rings. The molecule has 84 valence electrons. The normalized spacial score (nSPS) is 12.7. The molecule has 0 amide bonds. The van der Waals surface area contributed by atoms with Crippen molar-refractivity contribution in [1.29, 1.82) is 0 Å². The first-order chi connectivity index (χ1) is 7.29. The molecule has 0 heterocycles. The molecule has 2 nitrogen and oxygen atoms in total. The van der Waals surface area contributed by atoms with Crippen LogP contribution in [0.15, 0.2) is 24.3 Å². The summed E-state index contributed by atoms with van der Waals surface area (Å²) in [7, 11) is 3.76. The van der Waals surface area contributed by atoms with Crippen molar-refractivity contribution >= 4 is 0 Å². The van der Waals surface area contributed by atoms with Crippen LogP contribution in [0.4, 0.5) is 0 Å². The first kappa shape index (κ1) is 12.2. The highest BCUT2D eigenvalue weighted by Gasteiger charge is 2.11. The van der Waals surface area contributed by atoms with E-state index in [2.05, 4.69) is 36.5 Å². The Morgan fingerprint density at radius 2 is 2.07 bits per heavy atom. The summed E-state index contributed by atoms with van der Waals surface area (Å²) in [6, 6.07) is 8.58. The average Bonchev–Trinajstić information content (AvgIpc) is 2.25. The van der Waals surface area contributed by atoms with Gasteiger partial charge in [-0.2, -0.15) is 0 Å². The van der Waals surface area contributed by atoms with E-state index in [4.69, 9.17) is 4.74 Å². The predicted molar refractivity (Wildman–Crippen MR) is 64.3 cm³/mol. The molecular formula is C13H21NO. The summed E-state index contributed by atoms with van der Waals surface area (Å²) in [6.07, 6.45) is 1.07. The quantitative estimate of drug-likeness (QED) is 0.773. The van der Waals surface area contributed by atoms with Gasteiger partial charge in [-0.15, -0.1) is 0 Å². The van der Waals surface area contributed by atoms with Gasteiger partial charge >= 0.3 is 0 Å². The van der Waals surface area contributed by atoms with Crippen LogP contribution in [0.3, 0.4) is 0 Å². The molecule has 0 aliphatic heterocycles. The zero-order chi connectivity index (χ0) is 11.1. The molecule has 1 atom stereocenters. The van der Waals surface area contributed by atoms with Gasteiger partial charge in [0, 0.05) is 20.3 Å². The second-order valence-electron chi connectivity index (χ2n) is 3.89. The number of nitrogens with one attached hydrogen (secondary N) is 1. The summed E-state index contributed by atoms with van der Waals surface area (Å²) >= 11 is 0. The van der Waals surface area contributed by atoms with Crippen molar-refractivity contribution in [1.82, 2.24) is 5.32 Å². The SMILES string of the molecule is CNCC(CCOC)c1ccccc1C. The molecule has 0 spiro atoms. The molecule has 15 heavy (non-hydrogen) atoms. The monoisotopic (exact) mass is 207 g/mol. The smallest absolute Gasteiger partial charge is 0.0468 e. The van der Waals surface area contributed by atoms with Gasteiger partial charge < -0.3 is 10.1 Å². The van der Waals surface area contributed by atoms with E-state index in [-0.39, 0.29) is 0 Å². The molecule has 0 aliphatic carbocycles. The molecule has 1 unspecified atom stereocenters. The van der Waals surface area contributed by atoms with E-state index < -0.39 is 0 Å². The molecule has 1 rings (SSSR count). The van der Waals surface area contributed by atoms with Crippen molar-refractivity contribution in [3.63, 3.8) is 0 Å². The van der Waals surface area contributed by atoms with Gasteiger partial charge in [-0.05, 0) is 37.4 Å². The van der Waals surface area contributed by atoms with Crippen LogP contribution < -0.4 is 5.32 Å². The van der Waals surface area contributed by atoms with E-state index in [0.717, 1.165) is 19.6 Å². The van der Waals surface area contributed by atoms with Crippen LogP contribution in [0, 0.1) is 6.92 Å². The lowest BCUT2D eigenvalue weighted by Crippen LogP contribution is -2.19. The fourth-order valence-corrected chi connectivity index (χ4v) is 1.92. The van der Waals surface area contributed by atoms with E-state index >= 15 is 0 Å². The highest BCUT2D eigenvalue weighted by molar-refractivity contribution is 5.29. The number of ether oxygens (including phenoxy) is 1. The Hall–Kier alpha value is -0.860. The summed E-state index contributed by atoms with van der Waals surface area (Å²) < 4.78 is 5.15. The van der Waals surface area contributed by atoms with Crippen molar-refractivity contribution in [2.45, 2.75) is 19.3 Å². The minimum atomic E-state index is 0.552. The maximum Gasteiger partial charge on any atom is 0.0468 e. The van der Waals surface area contributed by atoms with Crippen molar-refractivity contribution in [2.24, 2.45) is 0 Å². The molecule has 0 bridgehead atoms. The van der Waals surface area contributed by atoms with Crippen molar-refractivity contribution in [2.75, 3.05) is 27.3 Å². The number of hydrogen-bond acceptors (Lipinski definition) is 2. The summed E-state index contributed by atoms with van der Waals surface area (Å²) in [5.41, 5.74) is 2.80. The van der Waals surface area contributed by atoms with Crippen LogP contribution in [0.2, 0.25) is 0 Å². The number of aryl methyl sites for hydroxylation is 1. The topological polar surface area (TPSA) is 21.3 Å². The molecule has 0 aromatic heterocycles. The molecule has 0 saturated heterocycles. The van der Waals surface area contributed by atoms with E-state index in [1.54, 1.807) is 7.11 Å². The Morgan fingerprint density at radius 1 is 1.33 bits per heavy atom. The maximum absolute atomic E-state index is 5.15. The van der Waals surface area contributed by atoms with Gasteiger partial charge in [-0.1, -0.05) is 24.3 Å². The minimum absolute atomic E-state index is 0.552. The molecule has 0 saturated carbocycles. The third kappa shape index (κ3) is 3.65. The van der Waals surface area contributed by atoms with Crippen LogP contribution in [0.5, 0.6) is 0 Å². The predicted octanol–water partition coefficient (Wildman–Crippen LogP) is 2.33. The molecular weight excluding hydrogens is 186 g/mol. The van der Waals surface area contributed by atoms with Crippen molar-refractivity contribution < 1.29 is 4.74 Å². The van der Waals surface area contributed by atoms with Crippen molar-refractivity contribution in [3.05, 3.63) is 35.4 Å². The lowest BCUT2D eigenvalue weighted by molar-refractivity contribution is 0.187. The first-order valence-electron chi connectivity index (χ1n) is 5.48. The summed E-state index contributed by atoms with van der Waals surface area (Å²) in [5, 5.41) is 3.25. The number of benzene rings is 1. The summed E-state index contributed by atoms with van der Waals surface area (Å²) in [6.45, 7) is 4.00. The van der Waals surface area contributed by atoms with Gasteiger partial charge in [0.25, 0.3) is 0 Å². The van der Waals surface area contributed by atoms with Crippen molar-refractivity contribution in [3.8, 4) is 0 Å². The standard InChI is InChI=1S/C13H21NO/c1-11-6-4-5-7-13(11)12(10-14-2)8-9-15-3/h4-7,12,14H,8-10H2,1-3H3. The van der Waals surface area contributed by atoms with E-state index in [1.807, 2.05) is 7.05 Å². The summed E-state index contributed by atoms with van der Waals surface area (Å²) in [5.74, 6) is 0.552. The highest BCUT2D eigenvalue weighted by Crippen LogP contribution is 2.22. The molecule has 2 heteroatoms. The van der Waals surface area contributed by atoms with Crippen LogP contribution in [-0.2, 0) is 4.74 Å². The Morgan fingerprint density at radius 3 is 2.67 bits per heavy atom. The maximum atomic E-state index is 5.15. The largest absolute Gasteiger partial charge is 0.385 e. The third-order valence-corrected chi connectivity index (χ3v) is 2.75. The van der Waals surface area contributed by atoms with Crippen LogP contribution in [0.25, 0.3) is 0 Å². The Balaban J connectivity index is 2.74. The van der Waals surface area contributed by atoms with Gasteiger partial charge in [-0.25, -0.2) is 0 Å². The lowest BCUT2D eigenvalue weighted by atomic mass is 9.92. The number of hydrogen-bond donors (Lipinski definition) is 1. The number of likely N-dealkylation sites (N-methyl/N-ethyl adjacent to an activating group) is 1. The van der Waals surface area contributed by atoms with Gasteiger partial charge in [0.05, 0.1) is 0 Å². The second-order valence-corrected chi connectivity index (χ2v) is 3.89. The molecule has 0 radical (unpaired) electrons. The lowest BCUT2D eigenvalue weighted by Gasteiger charge is -2.18. The Kier molecular flexibility index (Phi) is 5.37. The highest BCUT2D eigenvalue weighted by atomic mass is 16.5. The molecule has 1 N–H and O–H groups in total. The van der Waals surface area contributed by atoms with Gasteiger partial charge in [0.2, 0.25) is 0 Å². The van der Waals surface area contributed by atoms with Gasteiger partial charge in [-0.3, -0.25) is 0 Å². The average molecular weight is 207 g/mol. The Bertz CT molecular complexity index is 286. The fourth-order valence-electron chi connectivity index (χ4n) is 1.92. The number of methoxy groups -OCH3 is 1. The van der Waals surface area contributed by atoms with E-state index in [9.17, 15) is 0 Å². The first-order valence-corrected chi connectivity index (χ1v) is 5.48. The van der Waals surface area contributed by atoms with E-state index in [0.29, 0.717) is 5.92 Å². The fraction of sp³-hybridized carbons (Fsp3) is 0.538. The van der Waals surface area contributed by atoms with Crippen LogP contribution in [0.1, 0.15) is 23.5 Å². The second kappa shape index (κ2) is 6.59. The molecule has 1 aromatic carbocycles. The van der Waals surface area contributed by atoms with Crippen LogP contribution >= 0.6 is 0 Å². The van der Waals surface area contributed by atoms with Gasteiger partial charge in [0.1, 0.15) is 0 Å². The van der Waals surface area contributed by atoms with Gasteiger partial charge in [0.15, 0.2) is 0 Å². The van der Waals surface area contributed by atoms with Crippen LogP contribution in [-0.4, -0.2) is 27.3 Å². The van der Waals surface area contributed by atoms with E-state index in [1.165, 1.54) is 11.1 Å². The minimum Gasteiger partial charge on any atom is -0.385 e. The number of rotatable bonds is 6. The molecule has 0 aliphatic rings.